The number of nitrogens with one attached hydrogen (secondary N) is 1. The third-order valence-electron chi connectivity index (χ3n) is 5.56. The number of sulfonamides is 1. The van der Waals surface area contributed by atoms with E-state index in [0.717, 1.165) is 17.0 Å². The molecule has 0 bridgehead atoms. The van der Waals surface area contributed by atoms with Gasteiger partial charge in [0.15, 0.2) is 0 Å². The third kappa shape index (κ3) is 8.00. The lowest BCUT2D eigenvalue weighted by Crippen LogP contribution is -2.53. The van der Waals surface area contributed by atoms with Gasteiger partial charge in [-0.15, -0.1) is 0 Å². The van der Waals surface area contributed by atoms with Gasteiger partial charge in [-0.1, -0.05) is 66.8 Å². The van der Waals surface area contributed by atoms with E-state index in [-0.39, 0.29) is 34.2 Å². The van der Waals surface area contributed by atoms with Gasteiger partial charge in [-0.05, 0) is 49.6 Å². The van der Waals surface area contributed by atoms with Crippen molar-refractivity contribution in [2.45, 2.75) is 52.2 Å². The minimum Gasteiger partial charge on any atom is -0.352 e. The molecule has 2 aromatic carbocycles. The number of hydrogen-bond acceptors (Lipinski definition) is 4. The molecule has 11 heteroatoms. The molecule has 0 spiro atoms. The Hall–Kier alpha value is -2.00. The maximum atomic E-state index is 13.6. The zero-order chi connectivity index (χ0) is 26.3. The lowest BCUT2D eigenvalue weighted by atomic mass is 10.1. The van der Waals surface area contributed by atoms with Crippen molar-refractivity contribution in [2.24, 2.45) is 0 Å². The van der Waals surface area contributed by atoms with Gasteiger partial charge >= 0.3 is 0 Å². The molecule has 0 aliphatic carbocycles. The van der Waals surface area contributed by atoms with Gasteiger partial charge in [-0.2, -0.15) is 0 Å². The number of carbonyl (C=O) groups is 2. The van der Waals surface area contributed by atoms with Crippen LogP contribution in [0.2, 0.25) is 15.1 Å². The van der Waals surface area contributed by atoms with E-state index >= 15 is 0 Å². The summed E-state index contributed by atoms with van der Waals surface area (Å²) in [4.78, 5) is 28.1. The van der Waals surface area contributed by atoms with Gasteiger partial charge in [-0.3, -0.25) is 13.9 Å². The summed E-state index contributed by atoms with van der Waals surface area (Å²) in [5.74, 6) is -0.879. The molecule has 2 amide bonds. The molecule has 1 N–H and O–H groups in total. The summed E-state index contributed by atoms with van der Waals surface area (Å²) < 4.78 is 26.2. The molecule has 0 unspecified atom stereocenters. The van der Waals surface area contributed by atoms with Crippen molar-refractivity contribution in [3.05, 3.63) is 63.1 Å². The van der Waals surface area contributed by atoms with Crippen LogP contribution in [0.15, 0.2) is 42.5 Å². The first-order valence-electron chi connectivity index (χ1n) is 11.1. The van der Waals surface area contributed by atoms with Crippen molar-refractivity contribution in [3.8, 4) is 0 Å². The van der Waals surface area contributed by atoms with Crippen LogP contribution in [0.1, 0.15) is 39.2 Å². The predicted octanol–water partition coefficient (Wildman–Crippen LogP) is 5.13. The van der Waals surface area contributed by atoms with Gasteiger partial charge in [0, 0.05) is 17.6 Å². The predicted molar refractivity (Wildman–Crippen MR) is 143 cm³/mol. The minimum absolute atomic E-state index is 0.0317. The Balaban J connectivity index is 2.47. The van der Waals surface area contributed by atoms with E-state index in [1.54, 1.807) is 31.2 Å². The van der Waals surface area contributed by atoms with Crippen molar-refractivity contribution >= 4 is 62.3 Å². The highest BCUT2D eigenvalue weighted by molar-refractivity contribution is 7.92. The second-order valence-electron chi connectivity index (χ2n) is 8.22. The van der Waals surface area contributed by atoms with Crippen LogP contribution in [0.3, 0.4) is 0 Å². The van der Waals surface area contributed by atoms with Crippen LogP contribution in [-0.2, 0) is 26.2 Å². The Bertz CT molecular complexity index is 1160. The van der Waals surface area contributed by atoms with Crippen LogP contribution < -0.4 is 9.62 Å². The van der Waals surface area contributed by atoms with Crippen LogP contribution in [0.25, 0.3) is 0 Å². The van der Waals surface area contributed by atoms with Gasteiger partial charge in [0.05, 0.1) is 22.0 Å². The lowest BCUT2D eigenvalue weighted by Gasteiger charge is -2.33. The molecule has 0 aromatic heterocycles. The second-order valence-corrected chi connectivity index (χ2v) is 11.4. The number of benzene rings is 2. The number of rotatable bonds is 11. The summed E-state index contributed by atoms with van der Waals surface area (Å²) >= 11 is 18.4. The number of nitrogens with zero attached hydrogens (tertiary/aromatic N) is 2. The van der Waals surface area contributed by atoms with E-state index < -0.39 is 28.5 Å². The summed E-state index contributed by atoms with van der Waals surface area (Å²) in [6.45, 7) is 5.11. The Morgan fingerprint density at radius 1 is 0.971 bits per heavy atom. The Morgan fingerprint density at radius 2 is 1.63 bits per heavy atom. The first-order valence-corrected chi connectivity index (χ1v) is 14.1. The van der Waals surface area contributed by atoms with Crippen molar-refractivity contribution in [1.82, 2.24) is 10.2 Å². The average molecular weight is 563 g/mol. The topological polar surface area (TPSA) is 86.8 Å². The van der Waals surface area contributed by atoms with E-state index in [2.05, 4.69) is 5.32 Å². The number of amides is 2. The number of carbonyl (C=O) groups excluding carboxylic acids is 2. The quantitative estimate of drug-likeness (QED) is 0.411. The van der Waals surface area contributed by atoms with Crippen molar-refractivity contribution in [2.75, 3.05) is 17.1 Å². The van der Waals surface area contributed by atoms with Gasteiger partial charge in [0.25, 0.3) is 0 Å². The average Bonchev–Trinajstić information content (AvgIpc) is 2.79. The highest BCUT2D eigenvalue weighted by Crippen LogP contribution is 2.29. The second kappa shape index (κ2) is 12.8. The maximum Gasteiger partial charge on any atom is 0.244 e. The molecular weight excluding hydrogens is 533 g/mol. The molecule has 0 saturated carbocycles. The molecule has 35 heavy (non-hydrogen) atoms. The van der Waals surface area contributed by atoms with E-state index in [4.69, 9.17) is 34.8 Å². The van der Waals surface area contributed by atoms with Crippen LogP contribution in [-0.4, -0.2) is 50.0 Å². The fourth-order valence-electron chi connectivity index (χ4n) is 3.42. The molecule has 2 rings (SSSR count). The van der Waals surface area contributed by atoms with Gasteiger partial charge < -0.3 is 10.2 Å². The molecule has 0 aliphatic rings. The summed E-state index contributed by atoms with van der Waals surface area (Å²) in [5, 5.41) is 3.76. The van der Waals surface area contributed by atoms with Crippen molar-refractivity contribution in [1.29, 1.82) is 0 Å². The van der Waals surface area contributed by atoms with E-state index in [0.29, 0.717) is 17.0 Å². The SMILES string of the molecule is CC[C@H](C)NC(=O)[C@H](CC)N(Cc1ccccc1Cl)C(=O)CN(c1ccc(Cl)c(Cl)c1)S(C)(=O)=O. The minimum atomic E-state index is -3.88. The van der Waals surface area contributed by atoms with E-state index in [1.807, 2.05) is 13.8 Å². The Morgan fingerprint density at radius 3 is 2.17 bits per heavy atom. The zero-order valence-electron chi connectivity index (χ0n) is 20.1. The van der Waals surface area contributed by atoms with Crippen molar-refractivity contribution < 1.29 is 18.0 Å². The molecular formula is C24H30Cl3N3O4S. The molecule has 192 valence electrons. The smallest absolute Gasteiger partial charge is 0.244 e. The van der Waals surface area contributed by atoms with Crippen LogP contribution in [0.5, 0.6) is 0 Å². The monoisotopic (exact) mass is 561 g/mol. The summed E-state index contributed by atoms with van der Waals surface area (Å²) in [7, 11) is -3.88. The van der Waals surface area contributed by atoms with Crippen LogP contribution in [0.4, 0.5) is 5.69 Å². The van der Waals surface area contributed by atoms with Gasteiger partial charge in [0.1, 0.15) is 12.6 Å². The molecule has 7 nitrogen and oxygen atoms in total. The number of halogens is 3. The number of anilines is 1. The molecule has 2 atom stereocenters. The summed E-state index contributed by atoms with van der Waals surface area (Å²) in [5.41, 5.74) is 0.822. The normalized spacial score (nSPS) is 13.1. The standard InChI is InChI=1S/C24H30Cl3N3O4S/c1-5-16(3)28-24(32)22(6-2)29(14-17-9-7-8-10-19(17)25)23(31)15-30(35(4,33)34)18-11-12-20(26)21(27)13-18/h7-13,16,22H,5-6,14-15H2,1-4H3,(H,28,32)/t16-,22-/m0/s1. The fraction of sp³-hybridized carbons (Fsp3) is 0.417. The van der Waals surface area contributed by atoms with Crippen LogP contribution >= 0.6 is 34.8 Å². The highest BCUT2D eigenvalue weighted by atomic mass is 35.5. The maximum absolute atomic E-state index is 13.6. The third-order valence-corrected chi connectivity index (χ3v) is 7.80. The molecule has 0 radical (unpaired) electrons. The highest BCUT2D eigenvalue weighted by Gasteiger charge is 2.32. The molecule has 0 aliphatic heterocycles. The van der Waals surface area contributed by atoms with Crippen LogP contribution in [0, 0.1) is 0 Å². The largest absolute Gasteiger partial charge is 0.352 e. The van der Waals surface area contributed by atoms with Crippen molar-refractivity contribution in [3.63, 3.8) is 0 Å². The summed E-state index contributed by atoms with van der Waals surface area (Å²) in [6, 6.07) is 10.4. The fourth-order valence-corrected chi connectivity index (χ4v) is 4.75. The lowest BCUT2D eigenvalue weighted by molar-refractivity contribution is -0.140. The van der Waals surface area contributed by atoms with E-state index in [1.165, 1.54) is 23.1 Å². The number of hydrogen-bond donors (Lipinski definition) is 1. The van der Waals surface area contributed by atoms with Gasteiger partial charge in [-0.25, -0.2) is 8.42 Å². The first kappa shape index (κ1) is 29.2. The Labute approximate surface area is 222 Å². The van der Waals surface area contributed by atoms with E-state index in [9.17, 15) is 18.0 Å². The Kier molecular flexibility index (Phi) is 10.7. The molecule has 0 saturated heterocycles. The molecule has 0 fully saturated rings. The summed E-state index contributed by atoms with van der Waals surface area (Å²) in [6.07, 6.45) is 2.04. The molecule has 2 aromatic rings. The van der Waals surface area contributed by atoms with Gasteiger partial charge in [0.2, 0.25) is 21.8 Å². The molecule has 0 heterocycles. The first-order chi connectivity index (χ1) is 16.4. The zero-order valence-corrected chi connectivity index (χ0v) is 23.2.